The summed E-state index contributed by atoms with van der Waals surface area (Å²) in [6.07, 6.45) is 0.617. The lowest BCUT2D eigenvalue weighted by molar-refractivity contribution is -0.154. The van der Waals surface area contributed by atoms with E-state index in [1.165, 1.54) is 0 Å². The number of rotatable bonds is 8. The van der Waals surface area contributed by atoms with Gasteiger partial charge in [0.05, 0.1) is 24.3 Å². The molecule has 2 heterocycles. The molecule has 2 aromatic carbocycles. The van der Waals surface area contributed by atoms with E-state index in [1.54, 1.807) is 24.3 Å². The van der Waals surface area contributed by atoms with Crippen molar-refractivity contribution in [3.63, 3.8) is 0 Å². The standard InChI is InChI=1S/C26H30N2O5/c1-26(2,12-13-27-14-16-32-17-15-27)22(25(31)33-18-19-8-4-3-5-9-19)28-23(29)20-10-6-7-11-21(20)24(28)30/h3-11,22H,12-18H2,1-2H3. The topological polar surface area (TPSA) is 76.2 Å². The van der Waals surface area contributed by atoms with E-state index in [0.29, 0.717) is 30.8 Å². The molecule has 174 valence electrons. The lowest BCUT2D eigenvalue weighted by Crippen LogP contribution is -2.54. The molecule has 1 fully saturated rings. The van der Waals surface area contributed by atoms with Crippen molar-refractivity contribution in [1.82, 2.24) is 9.80 Å². The van der Waals surface area contributed by atoms with E-state index in [0.717, 1.165) is 30.1 Å². The first-order valence-corrected chi connectivity index (χ1v) is 11.4. The van der Waals surface area contributed by atoms with Gasteiger partial charge in [-0.25, -0.2) is 4.79 Å². The summed E-state index contributed by atoms with van der Waals surface area (Å²) in [4.78, 5) is 43.3. The fourth-order valence-electron chi connectivity index (χ4n) is 4.43. The minimum Gasteiger partial charge on any atom is -0.459 e. The molecule has 2 aromatic rings. The van der Waals surface area contributed by atoms with Crippen LogP contribution in [0.4, 0.5) is 0 Å². The predicted molar refractivity (Wildman–Crippen MR) is 123 cm³/mol. The maximum Gasteiger partial charge on any atom is 0.330 e. The third-order valence-corrected chi connectivity index (χ3v) is 6.45. The van der Waals surface area contributed by atoms with Gasteiger partial charge in [-0.05, 0) is 36.1 Å². The molecule has 7 nitrogen and oxygen atoms in total. The lowest BCUT2D eigenvalue weighted by atomic mass is 9.79. The number of ether oxygens (including phenoxy) is 2. The number of imide groups is 1. The molecule has 0 aliphatic carbocycles. The molecule has 0 saturated carbocycles. The Morgan fingerprint density at radius 1 is 0.970 bits per heavy atom. The molecule has 0 N–H and O–H groups in total. The first-order valence-electron chi connectivity index (χ1n) is 11.4. The number of esters is 1. The van der Waals surface area contributed by atoms with E-state index < -0.39 is 29.2 Å². The second-order valence-electron chi connectivity index (χ2n) is 9.21. The van der Waals surface area contributed by atoms with Crippen LogP contribution in [0.2, 0.25) is 0 Å². The molecule has 2 aliphatic heterocycles. The van der Waals surface area contributed by atoms with Crippen LogP contribution in [0.15, 0.2) is 54.6 Å². The number of carbonyl (C=O) groups excluding carboxylic acids is 3. The summed E-state index contributed by atoms with van der Waals surface area (Å²) < 4.78 is 11.1. The van der Waals surface area contributed by atoms with Crippen molar-refractivity contribution >= 4 is 17.8 Å². The molecule has 0 aromatic heterocycles. The Morgan fingerprint density at radius 3 is 2.15 bits per heavy atom. The molecule has 2 aliphatic rings. The first-order chi connectivity index (χ1) is 15.9. The van der Waals surface area contributed by atoms with E-state index in [4.69, 9.17) is 9.47 Å². The van der Waals surface area contributed by atoms with Gasteiger partial charge in [0, 0.05) is 13.1 Å². The molecule has 0 bridgehead atoms. The molecule has 7 heteroatoms. The largest absolute Gasteiger partial charge is 0.459 e. The van der Waals surface area contributed by atoms with Crippen LogP contribution in [-0.2, 0) is 20.9 Å². The minimum absolute atomic E-state index is 0.0822. The molecule has 0 spiro atoms. The number of hydrogen-bond donors (Lipinski definition) is 0. The van der Waals surface area contributed by atoms with Gasteiger partial charge in [-0.2, -0.15) is 0 Å². The predicted octanol–water partition coefficient (Wildman–Crippen LogP) is 3.14. The number of nitrogens with zero attached hydrogens (tertiary/aromatic N) is 2. The third kappa shape index (κ3) is 4.99. The first kappa shape index (κ1) is 23.1. The van der Waals surface area contributed by atoms with Gasteiger partial charge >= 0.3 is 5.97 Å². The smallest absolute Gasteiger partial charge is 0.330 e. The zero-order valence-electron chi connectivity index (χ0n) is 19.2. The van der Waals surface area contributed by atoms with Crippen LogP contribution in [0, 0.1) is 5.41 Å². The van der Waals surface area contributed by atoms with Crippen LogP contribution in [-0.4, -0.2) is 66.5 Å². The highest BCUT2D eigenvalue weighted by molar-refractivity contribution is 6.22. The maximum absolute atomic E-state index is 13.4. The third-order valence-electron chi connectivity index (χ3n) is 6.45. The van der Waals surface area contributed by atoms with Crippen molar-refractivity contribution in [1.29, 1.82) is 0 Å². The fraction of sp³-hybridized carbons (Fsp3) is 0.423. The van der Waals surface area contributed by atoms with Gasteiger partial charge in [0.25, 0.3) is 11.8 Å². The molecule has 1 atom stereocenters. The summed E-state index contributed by atoms with van der Waals surface area (Å²) >= 11 is 0. The molecular formula is C26H30N2O5. The summed E-state index contributed by atoms with van der Waals surface area (Å²) in [5.41, 5.74) is 0.803. The Bertz CT molecular complexity index is 979. The number of morpholine rings is 1. The minimum atomic E-state index is -1.03. The number of benzene rings is 2. The Labute approximate surface area is 194 Å². The lowest BCUT2D eigenvalue weighted by Gasteiger charge is -2.39. The van der Waals surface area contributed by atoms with Crippen molar-refractivity contribution in [3.8, 4) is 0 Å². The highest BCUT2D eigenvalue weighted by Crippen LogP contribution is 2.36. The maximum atomic E-state index is 13.4. The highest BCUT2D eigenvalue weighted by atomic mass is 16.5. The van der Waals surface area contributed by atoms with Crippen LogP contribution in [0.25, 0.3) is 0 Å². The van der Waals surface area contributed by atoms with E-state index in [-0.39, 0.29) is 6.61 Å². The number of amides is 2. The van der Waals surface area contributed by atoms with Gasteiger partial charge in [-0.15, -0.1) is 0 Å². The van der Waals surface area contributed by atoms with E-state index >= 15 is 0 Å². The Balaban J connectivity index is 1.58. The molecular weight excluding hydrogens is 420 g/mol. The van der Waals surface area contributed by atoms with Crippen LogP contribution in [0.5, 0.6) is 0 Å². The Kier molecular flexibility index (Phi) is 6.91. The Hall–Kier alpha value is -3.03. The van der Waals surface area contributed by atoms with Gasteiger partial charge in [0.15, 0.2) is 0 Å². The van der Waals surface area contributed by atoms with Crippen molar-refractivity contribution in [2.24, 2.45) is 5.41 Å². The van der Waals surface area contributed by atoms with Crippen LogP contribution >= 0.6 is 0 Å². The second-order valence-corrected chi connectivity index (χ2v) is 9.21. The van der Waals surface area contributed by atoms with Crippen molar-refractivity contribution in [3.05, 3.63) is 71.3 Å². The fourth-order valence-corrected chi connectivity index (χ4v) is 4.43. The monoisotopic (exact) mass is 450 g/mol. The zero-order valence-corrected chi connectivity index (χ0v) is 19.2. The van der Waals surface area contributed by atoms with E-state index in [1.807, 2.05) is 44.2 Å². The van der Waals surface area contributed by atoms with E-state index in [9.17, 15) is 14.4 Å². The van der Waals surface area contributed by atoms with Gasteiger partial charge < -0.3 is 9.47 Å². The van der Waals surface area contributed by atoms with Gasteiger partial charge in [0.2, 0.25) is 0 Å². The SMILES string of the molecule is CC(C)(CCN1CCOCC1)C(C(=O)OCc1ccccc1)N1C(=O)c2ccccc2C1=O. The number of fused-ring (bicyclic) bond motifs is 1. The molecule has 0 radical (unpaired) electrons. The summed E-state index contributed by atoms with van der Waals surface area (Å²) in [6.45, 7) is 7.68. The van der Waals surface area contributed by atoms with Crippen LogP contribution < -0.4 is 0 Å². The molecule has 1 unspecified atom stereocenters. The summed E-state index contributed by atoms with van der Waals surface area (Å²) in [7, 11) is 0. The Morgan fingerprint density at radius 2 is 1.55 bits per heavy atom. The van der Waals surface area contributed by atoms with Crippen molar-refractivity contribution in [2.45, 2.75) is 32.9 Å². The highest BCUT2D eigenvalue weighted by Gasteiger charge is 2.50. The van der Waals surface area contributed by atoms with Crippen LogP contribution in [0.1, 0.15) is 46.5 Å². The zero-order chi connectivity index (χ0) is 23.4. The van der Waals surface area contributed by atoms with Crippen molar-refractivity contribution < 1.29 is 23.9 Å². The molecule has 2 amide bonds. The van der Waals surface area contributed by atoms with Gasteiger partial charge in [-0.3, -0.25) is 19.4 Å². The summed E-state index contributed by atoms with van der Waals surface area (Å²) in [5.74, 6) is -1.46. The van der Waals surface area contributed by atoms with Gasteiger partial charge in [0.1, 0.15) is 12.6 Å². The second kappa shape index (κ2) is 9.85. The molecule has 33 heavy (non-hydrogen) atoms. The molecule has 4 rings (SSSR count). The van der Waals surface area contributed by atoms with Gasteiger partial charge in [-0.1, -0.05) is 56.3 Å². The van der Waals surface area contributed by atoms with Crippen LogP contribution in [0.3, 0.4) is 0 Å². The quantitative estimate of drug-likeness (QED) is 0.454. The summed E-state index contributed by atoms with van der Waals surface area (Å²) in [6, 6.07) is 15.0. The van der Waals surface area contributed by atoms with Crippen molar-refractivity contribution in [2.75, 3.05) is 32.8 Å². The molecule has 1 saturated heterocycles. The average Bonchev–Trinajstić information content (AvgIpc) is 3.08. The normalized spacial score (nSPS) is 17.7. The summed E-state index contributed by atoms with van der Waals surface area (Å²) in [5, 5.41) is 0. The number of hydrogen-bond acceptors (Lipinski definition) is 6. The van der Waals surface area contributed by atoms with E-state index in [2.05, 4.69) is 4.90 Å². The number of carbonyl (C=O) groups is 3. The average molecular weight is 451 g/mol.